The summed E-state index contributed by atoms with van der Waals surface area (Å²) in [5, 5.41) is 0. The van der Waals surface area contributed by atoms with Gasteiger partial charge >= 0.3 is 19.2 Å². The zero-order valence-electron chi connectivity index (χ0n) is 8.11. The van der Waals surface area contributed by atoms with E-state index in [1.165, 1.54) is 0 Å². The van der Waals surface area contributed by atoms with Gasteiger partial charge in [-0.2, -0.15) is 22.0 Å². The van der Waals surface area contributed by atoms with Crippen LogP contribution in [0, 0.1) is 0 Å². The van der Waals surface area contributed by atoms with E-state index in [9.17, 15) is 35.1 Å². The highest BCUT2D eigenvalue weighted by Crippen LogP contribution is 2.42. The van der Waals surface area contributed by atoms with Crippen LogP contribution < -0.4 is 0 Å². The topological polar surface area (TPSA) is 27.7 Å². The molecule has 3 nitrogen and oxygen atoms in total. The van der Waals surface area contributed by atoms with E-state index >= 15 is 0 Å². The smallest absolute Gasteiger partial charge is 0.482 e. The summed E-state index contributed by atoms with van der Waals surface area (Å²) in [5.74, 6) is -2.16. The van der Waals surface area contributed by atoms with Crippen LogP contribution >= 0.6 is 0 Å². The normalized spacial score (nSPS) is 20.4. The molecule has 18 heavy (non-hydrogen) atoms. The molecule has 1 unspecified atom stereocenters. The Morgan fingerprint density at radius 3 is 1.94 bits per heavy atom. The van der Waals surface area contributed by atoms with E-state index in [1.807, 2.05) is 0 Å². The minimum absolute atomic E-state index is 1.05. The standard InChI is InChI=1S/C7H4F8O3/c8-5(9)17-3-2(16-1-6(10,11)12)4(3)18-7(13,14)15/h4-5H,1H2. The van der Waals surface area contributed by atoms with Gasteiger partial charge in [-0.15, -0.1) is 13.2 Å². The van der Waals surface area contributed by atoms with Crippen LogP contribution in [0.3, 0.4) is 0 Å². The predicted molar refractivity (Wildman–Crippen MR) is 37.1 cm³/mol. The van der Waals surface area contributed by atoms with E-state index in [4.69, 9.17) is 0 Å². The van der Waals surface area contributed by atoms with Gasteiger partial charge in [0, 0.05) is 0 Å². The molecule has 106 valence electrons. The minimum Gasteiger partial charge on any atom is -0.482 e. The van der Waals surface area contributed by atoms with Gasteiger partial charge in [-0.05, 0) is 0 Å². The molecule has 0 N–H and O–H groups in total. The van der Waals surface area contributed by atoms with Gasteiger partial charge in [0.2, 0.25) is 0 Å². The maximum atomic E-state index is 11.7. The fraction of sp³-hybridized carbons (Fsp3) is 0.714. The molecule has 0 saturated heterocycles. The predicted octanol–water partition coefficient (Wildman–Crippen LogP) is 2.93. The summed E-state index contributed by atoms with van der Waals surface area (Å²) in [5.41, 5.74) is 0. The summed E-state index contributed by atoms with van der Waals surface area (Å²) >= 11 is 0. The zero-order valence-corrected chi connectivity index (χ0v) is 8.11. The second kappa shape index (κ2) is 4.78. The van der Waals surface area contributed by atoms with E-state index in [0.717, 1.165) is 0 Å². The first-order valence-electron chi connectivity index (χ1n) is 4.12. The second-order valence-electron chi connectivity index (χ2n) is 2.95. The molecular formula is C7H4F8O3. The Balaban J connectivity index is 2.56. The molecule has 0 aliphatic heterocycles. The van der Waals surface area contributed by atoms with Crippen LogP contribution in [0.5, 0.6) is 0 Å². The first kappa shape index (κ1) is 14.8. The molecule has 0 radical (unpaired) electrons. The van der Waals surface area contributed by atoms with Crippen molar-refractivity contribution in [1.82, 2.24) is 0 Å². The lowest BCUT2D eigenvalue weighted by Crippen LogP contribution is -2.20. The SMILES string of the molecule is FC(F)OC1=C(OCC(F)(F)F)C1OC(F)(F)F. The number of hydrogen-bond donors (Lipinski definition) is 0. The highest BCUT2D eigenvalue weighted by atomic mass is 19.4. The van der Waals surface area contributed by atoms with Crippen molar-refractivity contribution >= 4 is 0 Å². The Hall–Kier alpha value is -1.26. The van der Waals surface area contributed by atoms with Gasteiger partial charge in [0.1, 0.15) is 0 Å². The molecule has 0 amide bonds. The zero-order chi connectivity index (χ0) is 14.1. The molecule has 1 rings (SSSR count). The quantitative estimate of drug-likeness (QED) is 0.728. The van der Waals surface area contributed by atoms with Crippen LogP contribution in [0.15, 0.2) is 11.5 Å². The molecule has 0 spiro atoms. The summed E-state index contributed by atoms with van der Waals surface area (Å²) in [6.07, 6.45) is -12.2. The number of ether oxygens (including phenoxy) is 3. The van der Waals surface area contributed by atoms with Crippen molar-refractivity contribution in [3.05, 3.63) is 11.5 Å². The highest BCUT2D eigenvalue weighted by molar-refractivity contribution is 5.34. The largest absolute Gasteiger partial charge is 0.523 e. The van der Waals surface area contributed by atoms with E-state index in [1.54, 1.807) is 0 Å². The molecule has 11 heteroatoms. The van der Waals surface area contributed by atoms with Crippen molar-refractivity contribution in [2.45, 2.75) is 25.3 Å². The summed E-state index contributed by atoms with van der Waals surface area (Å²) in [4.78, 5) is 0. The van der Waals surface area contributed by atoms with Crippen LogP contribution in [-0.4, -0.2) is 31.9 Å². The first-order valence-corrected chi connectivity index (χ1v) is 4.12. The van der Waals surface area contributed by atoms with Gasteiger partial charge in [-0.25, -0.2) is 0 Å². The molecule has 0 heterocycles. The minimum atomic E-state index is -5.22. The molecule has 0 bridgehead atoms. The van der Waals surface area contributed by atoms with Gasteiger partial charge < -0.3 is 9.47 Å². The molecule has 0 saturated carbocycles. The van der Waals surface area contributed by atoms with Crippen LogP contribution in [-0.2, 0) is 14.2 Å². The number of alkyl halides is 8. The molecule has 0 aromatic rings. The van der Waals surface area contributed by atoms with Crippen LogP contribution in [0.4, 0.5) is 35.1 Å². The third-order valence-corrected chi connectivity index (χ3v) is 1.49. The van der Waals surface area contributed by atoms with Gasteiger partial charge in [0.05, 0.1) is 0 Å². The third-order valence-electron chi connectivity index (χ3n) is 1.49. The van der Waals surface area contributed by atoms with Gasteiger partial charge in [-0.1, -0.05) is 0 Å². The Bertz CT molecular complexity index is 331. The molecule has 0 aromatic heterocycles. The number of rotatable bonds is 5. The molecule has 1 aliphatic rings. The summed E-state index contributed by atoms with van der Waals surface area (Å²) in [6.45, 7) is -5.43. The third kappa shape index (κ3) is 4.94. The highest BCUT2D eigenvalue weighted by Gasteiger charge is 2.52. The fourth-order valence-corrected chi connectivity index (χ4v) is 0.928. The Kier molecular flexibility index (Phi) is 3.93. The fourth-order valence-electron chi connectivity index (χ4n) is 0.928. The Labute approximate surface area is 93.9 Å². The lowest BCUT2D eigenvalue weighted by Gasteiger charge is -2.08. The second-order valence-corrected chi connectivity index (χ2v) is 2.95. The van der Waals surface area contributed by atoms with Crippen molar-refractivity contribution in [2.75, 3.05) is 6.61 Å². The Morgan fingerprint density at radius 2 is 1.56 bits per heavy atom. The van der Waals surface area contributed by atoms with E-state index in [0.29, 0.717) is 0 Å². The van der Waals surface area contributed by atoms with E-state index in [-0.39, 0.29) is 0 Å². The van der Waals surface area contributed by atoms with Crippen molar-refractivity contribution in [1.29, 1.82) is 0 Å². The van der Waals surface area contributed by atoms with Crippen molar-refractivity contribution in [3.63, 3.8) is 0 Å². The first-order chi connectivity index (χ1) is 7.99. The van der Waals surface area contributed by atoms with E-state index < -0.39 is 43.4 Å². The lowest BCUT2D eigenvalue weighted by atomic mass is 10.6. The van der Waals surface area contributed by atoms with Crippen LogP contribution in [0.2, 0.25) is 0 Å². The molecule has 1 aliphatic carbocycles. The maximum Gasteiger partial charge on any atom is 0.523 e. The number of hydrogen-bond acceptors (Lipinski definition) is 3. The van der Waals surface area contributed by atoms with Gasteiger partial charge in [0.15, 0.2) is 24.2 Å². The lowest BCUT2D eigenvalue weighted by molar-refractivity contribution is -0.332. The molecule has 0 aromatic carbocycles. The molecular weight excluding hydrogens is 284 g/mol. The monoisotopic (exact) mass is 288 g/mol. The van der Waals surface area contributed by atoms with Gasteiger partial charge in [0.25, 0.3) is 0 Å². The van der Waals surface area contributed by atoms with Crippen molar-refractivity contribution in [2.24, 2.45) is 0 Å². The van der Waals surface area contributed by atoms with E-state index in [2.05, 4.69) is 14.2 Å². The van der Waals surface area contributed by atoms with Crippen LogP contribution in [0.1, 0.15) is 0 Å². The Morgan fingerprint density at radius 1 is 1.00 bits per heavy atom. The van der Waals surface area contributed by atoms with Crippen molar-refractivity contribution < 1.29 is 49.3 Å². The maximum absolute atomic E-state index is 11.7. The summed E-state index contributed by atoms with van der Waals surface area (Å²) in [6, 6.07) is 0. The van der Waals surface area contributed by atoms with Crippen molar-refractivity contribution in [3.8, 4) is 0 Å². The van der Waals surface area contributed by atoms with Crippen LogP contribution in [0.25, 0.3) is 0 Å². The summed E-state index contributed by atoms with van der Waals surface area (Å²) in [7, 11) is 0. The number of halogens is 8. The molecule has 1 atom stereocenters. The molecule has 0 fully saturated rings. The average molecular weight is 288 g/mol. The average Bonchev–Trinajstić information content (AvgIpc) is 2.69. The summed E-state index contributed by atoms with van der Waals surface area (Å²) < 4.78 is 104. The van der Waals surface area contributed by atoms with Gasteiger partial charge in [-0.3, -0.25) is 4.74 Å².